The van der Waals surface area contributed by atoms with Crippen molar-refractivity contribution < 1.29 is 0 Å². The van der Waals surface area contributed by atoms with Gasteiger partial charge in [-0.2, -0.15) is 0 Å². The van der Waals surface area contributed by atoms with E-state index in [1.54, 1.807) is 0 Å². The van der Waals surface area contributed by atoms with E-state index in [2.05, 4.69) is 235 Å². The van der Waals surface area contributed by atoms with Crippen LogP contribution >= 0.6 is 0 Å². The molecular formula is C61H45N. The number of hydrogen-bond acceptors (Lipinski definition) is 1. The number of anilines is 2. The minimum Gasteiger partial charge on any atom is -0.311 e. The van der Waals surface area contributed by atoms with Gasteiger partial charge in [0.15, 0.2) is 0 Å². The minimum absolute atomic E-state index is 0.305. The lowest BCUT2D eigenvalue weighted by Gasteiger charge is -2.35. The Labute approximate surface area is 364 Å². The second kappa shape index (κ2) is 14.9. The third-order valence-electron chi connectivity index (χ3n) is 13.7. The summed E-state index contributed by atoms with van der Waals surface area (Å²) in [5, 5.41) is 5.19. The molecule has 1 unspecified atom stereocenters. The van der Waals surface area contributed by atoms with Crippen LogP contribution in [0.5, 0.6) is 0 Å². The average molecular weight is 792 g/mol. The van der Waals surface area contributed by atoms with Gasteiger partial charge in [-0.15, -0.1) is 0 Å². The van der Waals surface area contributed by atoms with Gasteiger partial charge in [0.1, 0.15) is 0 Å². The molecule has 0 spiro atoms. The molecule has 0 N–H and O–H groups in total. The first-order chi connectivity index (χ1) is 30.7. The van der Waals surface area contributed by atoms with Crippen LogP contribution in [0.1, 0.15) is 57.7 Å². The van der Waals surface area contributed by atoms with Crippen LogP contribution in [0.2, 0.25) is 0 Å². The number of rotatable bonds is 7. The highest BCUT2D eigenvalue weighted by Gasteiger charge is 2.46. The first-order valence-electron chi connectivity index (χ1n) is 22.1. The third-order valence-corrected chi connectivity index (χ3v) is 13.7. The standard InChI is InChI=1S/C61H45N/c1-3-16-50(17-4-1)61(51-18-5-2-6-19-51)59-22-12-11-21-56(59)57-38-37-54(41-60(57)61)62(52-33-29-43(30-34-52)48-27-23-42-13-7-8-15-47(42)39-48)53-35-31-44(32-36-53)49-28-26-46-25-24-45-14-9-10-20-55(45)58(46)40-49/h1-8,10-13,15-29,31-41,43H,9,14,30H2. The Bertz CT molecular complexity index is 3220. The number of aryl methyl sites for hydroxylation is 1. The van der Waals surface area contributed by atoms with Crippen LogP contribution in [-0.2, 0) is 11.8 Å². The number of hydrogen-bond donors (Lipinski definition) is 0. The fourth-order valence-corrected chi connectivity index (χ4v) is 10.7. The molecule has 0 saturated carbocycles. The molecule has 1 heteroatoms. The Balaban J connectivity index is 0.997. The van der Waals surface area contributed by atoms with Crippen molar-refractivity contribution >= 4 is 39.0 Å². The Kier molecular flexibility index (Phi) is 8.75. The van der Waals surface area contributed by atoms with Gasteiger partial charge in [-0.25, -0.2) is 0 Å². The third kappa shape index (κ3) is 5.91. The molecule has 0 radical (unpaired) electrons. The zero-order chi connectivity index (χ0) is 41.0. The van der Waals surface area contributed by atoms with Crippen molar-refractivity contribution in [2.24, 2.45) is 0 Å². The normalized spacial score (nSPS) is 15.8. The molecular weight excluding hydrogens is 747 g/mol. The van der Waals surface area contributed by atoms with Crippen molar-refractivity contribution in [2.75, 3.05) is 4.90 Å². The molecule has 0 bridgehead atoms. The second-order valence-electron chi connectivity index (χ2n) is 17.1. The lowest BCUT2D eigenvalue weighted by atomic mass is 9.67. The Morgan fingerprint density at radius 1 is 0.484 bits per heavy atom. The van der Waals surface area contributed by atoms with Crippen molar-refractivity contribution in [3.8, 4) is 22.3 Å². The largest absolute Gasteiger partial charge is 0.311 e. The van der Waals surface area contributed by atoms with Crippen LogP contribution in [0.3, 0.4) is 0 Å². The molecule has 294 valence electrons. The molecule has 3 aliphatic rings. The summed E-state index contributed by atoms with van der Waals surface area (Å²) >= 11 is 0. The van der Waals surface area contributed by atoms with Crippen LogP contribution in [0.4, 0.5) is 11.4 Å². The van der Waals surface area contributed by atoms with Crippen LogP contribution in [0.25, 0.3) is 49.9 Å². The summed E-state index contributed by atoms with van der Waals surface area (Å²) in [5.41, 5.74) is 17.3. The molecule has 9 aromatic carbocycles. The molecule has 62 heavy (non-hydrogen) atoms. The summed E-state index contributed by atoms with van der Waals surface area (Å²) in [6.07, 6.45) is 15.0. The lowest BCUT2D eigenvalue weighted by molar-refractivity contribution is 0.768. The van der Waals surface area contributed by atoms with E-state index in [1.807, 2.05) is 0 Å². The minimum atomic E-state index is -0.484. The van der Waals surface area contributed by atoms with Crippen molar-refractivity contribution in [3.63, 3.8) is 0 Å². The first-order valence-corrected chi connectivity index (χ1v) is 22.1. The Morgan fingerprint density at radius 3 is 1.95 bits per heavy atom. The van der Waals surface area contributed by atoms with Crippen molar-refractivity contribution in [1.82, 2.24) is 0 Å². The highest BCUT2D eigenvalue weighted by atomic mass is 15.1. The van der Waals surface area contributed by atoms with Crippen molar-refractivity contribution in [2.45, 2.75) is 30.6 Å². The molecule has 0 fully saturated rings. The van der Waals surface area contributed by atoms with E-state index in [-0.39, 0.29) is 0 Å². The van der Waals surface area contributed by atoms with Crippen molar-refractivity contribution in [3.05, 3.63) is 269 Å². The van der Waals surface area contributed by atoms with Gasteiger partial charge in [0.05, 0.1) is 5.41 Å². The summed E-state index contributed by atoms with van der Waals surface area (Å²) in [6.45, 7) is 0. The van der Waals surface area contributed by atoms with Gasteiger partial charge in [0.2, 0.25) is 0 Å². The molecule has 1 nitrogen and oxygen atoms in total. The lowest BCUT2D eigenvalue weighted by Crippen LogP contribution is -2.29. The monoisotopic (exact) mass is 791 g/mol. The fraction of sp³-hybridized carbons (Fsp3) is 0.0820. The maximum Gasteiger partial charge on any atom is 0.0714 e. The fourth-order valence-electron chi connectivity index (χ4n) is 10.7. The summed E-state index contributed by atoms with van der Waals surface area (Å²) in [6, 6.07) is 74.8. The number of allylic oxidation sites excluding steroid dienone is 4. The molecule has 3 aliphatic carbocycles. The number of fused-ring (bicyclic) bond motifs is 7. The van der Waals surface area contributed by atoms with Crippen LogP contribution in [0, 0.1) is 0 Å². The average Bonchev–Trinajstić information content (AvgIpc) is 3.65. The Morgan fingerprint density at radius 2 is 1.16 bits per heavy atom. The van der Waals surface area contributed by atoms with Gasteiger partial charge < -0.3 is 4.90 Å². The highest BCUT2D eigenvalue weighted by Crippen LogP contribution is 2.57. The van der Waals surface area contributed by atoms with E-state index >= 15 is 0 Å². The topological polar surface area (TPSA) is 3.24 Å². The predicted octanol–water partition coefficient (Wildman–Crippen LogP) is 15.7. The first kappa shape index (κ1) is 36.4. The summed E-state index contributed by atoms with van der Waals surface area (Å²) in [7, 11) is 0. The van der Waals surface area contributed by atoms with Gasteiger partial charge in [-0.3, -0.25) is 0 Å². The van der Waals surface area contributed by atoms with Gasteiger partial charge >= 0.3 is 0 Å². The number of nitrogens with zero attached hydrogens (tertiary/aromatic N) is 1. The van der Waals surface area contributed by atoms with E-state index in [9.17, 15) is 0 Å². The molecule has 0 aliphatic heterocycles. The maximum absolute atomic E-state index is 2.48. The van der Waals surface area contributed by atoms with Gasteiger partial charge in [-0.05, 0) is 138 Å². The molecule has 0 heterocycles. The second-order valence-corrected chi connectivity index (χ2v) is 17.1. The van der Waals surface area contributed by atoms with Gasteiger partial charge in [0, 0.05) is 23.0 Å². The Hall–Kier alpha value is -7.48. The SMILES string of the molecule is C1=Cc2c(ccc3ccc(-c4ccc(N(C5=CCC(c6ccc7ccccc7c6)C=C5)c5ccc6c(c5)C(c5ccccc5)(c5ccccc5)c5ccccc5-6)cc4)cc23)CC1. The molecule has 0 saturated heterocycles. The zero-order valence-corrected chi connectivity index (χ0v) is 34.6. The van der Waals surface area contributed by atoms with E-state index < -0.39 is 5.41 Å². The van der Waals surface area contributed by atoms with Crippen LogP contribution in [0.15, 0.2) is 230 Å². The van der Waals surface area contributed by atoms with E-state index in [0.29, 0.717) is 5.92 Å². The molecule has 0 amide bonds. The molecule has 0 aromatic heterocycles. The number of benzene rings is 9. The smallest absolute Gasteiger partial charge is 0.0714 e. The van der Waals surface area contributed by atoms with Gasteiger partial charge in [-0.1, -0.05) is 194 Å². The van der Waals surface area contributed by atoms with Crippen LogP contribution < -0.4 is 4.90 Å². The molecule has 12 rings (SSSR count). The van der Waals surface area contributed by atoms with Crippen LogP contribution in [-0.4, -0.2) is 0 Å². The summed E-state index contributed by atoms with van der Waals surface area (Å²) < 4.78 is 0. The van der Waals surface area contributed by atoms with Gasteiger partial charge in [0.25, 0.3) is 0 Å². The highest BCUT2D eigenvalue weighted by molar-refractivity contribution is 5.96. The summed E-state index contributed by atoms with van der Waals surface area (Å²) in [4.78, 5) is 2.47. The van der Waals surface area contributed by atoms with E-state index in [1.165, 1.54) is 88.4 Å². The molecule has 1 atom stereocenters. The predicted molar refractivity (Wildman–Crippen MR) is 261 cm³/mol. The zero-order valence-electron chi connectivity index (χ0n) is 34.6. The quantitative estimate of drug-likeness (QED) is 0.155. The van der Waals surface area contributed by atoms with E-state index in [0.717, 1.165) is 30.6 Å². The van der Waals surface area contributed by atoms with E-state index in [4.69, 9.17) is 0 Å². The van der Waals surface area contributed by atoms with Crippen molar-refractivity contribution in [1.29, 1.82) is 0 Å². The molecule has 9 aromatic rings. The maximum atomic E-state index is 2.48. The summed E-state index contributed by atoms with van der Waals surface area (Å²) in [5.74, 6) is 0.305.